The summed E-state index contributed by atoms with van der Waals surface area (Å²) in [6.07, 6.45) is 0. The number of rotatable bonds is 9. The van der Waals surface area contributed by atoms with Crippen LogP contribution in [0, 0.1) is 11.3 Å². The number of benzene rings is 2. The minimum Gasteiger partial charge on any atom is -0.411 e. The molecule has 3 aromatic rings. The van der Waals surface area contributed by atoms with E-state index in [0.29, 0.717) is 29.9 Å². The lowest BCUT2D eigenvalue weighted by molar-refractivity contribution is -0.115. The Morgan fingerprint density at radius 2 is 1.91 bits per heavy atom. The summed E-state index contributed by atoms with van der Waals surface area (Å²) >= 11 is 1.06. The SMILES string of the molecule is CCN(CC)S(=O)(=O)c1cccc(-c2nnc(SC(C)C(=O)Nc3ccccc3C#N)o2)c1. The summed E-state index contributed by atoms with van der Waals surface area (Å²) in [7, 11) is -3.63. The number of carbonyl (C=O) groups excluding carboxylic acids is 1. The predicted molar refractivity (Wildman–Crippen MR) is 125 cm³/mol. The Hall–Kier alpha value is -3.20. The molecule has 1 heterocycles. The molecule has 0 aliphatic carbocycles. The van der Waals surface area contributed by atoms with Crippen LogP contribution in [0.5, 0.6) is 0 Å². The van der Waals surface area contributed by atoms with E-state index in [2.05, 4.69) is 15.5 Å². The second-order valence-electron chi connectivity index (χ2n) is 6.90. The van der Waals surface area contributed by atoms with Crippen molar-refractivity contribution in [2.24, 2.45) is 0 Å². The number of hydrogen-bond acceptors (Lipinski definition) is 8. The van der Waals surface area contributed by atoms with Gasteiger partial charge in [0, 0.05) is 18.7 Å². The molecule has 2 aromatic carbocycles. The summed E-state index contributed by atoms with van der Waals surface area (Å²) in [4.78, 5) is 12.7. The van der Waals surface area contributed by atoms with Gasteiger partial charge in [-0.3, -0.25) is 4.79 Å². The molecular formula is C22H23N5O4S2. The van der Waals surface area contributed by atoms with E-state index < -0.39 is 15.3 Å². The molecule has 0 spiro atoms. The molecule has 1 aromatic heterocycles. The predicted octanol–water partition coefficient (Wildman–Crippen LogP) is 3.76. The van der Waals surface area contributed by atoms with Crippen LogP contribution in [0.25, 0.3) is 11.5 Å². The van der Waals surface area contributed by atoms with Gasteiger partial charge < -0.3 is 9.73 Å². The van der Waals surface area contributed by atoms with E-state index in [1.165, 1.54) is 16.4 Å². The number of aromatic nitrogens is 2. The van der Waals surface area contributed by atoms with Crippen molar-refractivity contribution in [1.82, 2.24) is 14.5 Å². The van der Waals surface area contributed by atoms with Gasteiger partial charge in [-0.1, -0.05) is 43.8 Å². The first-order chi connectivity index (χ1) is 15.8. The number of anilines is 1. The molecular weight excluding hydrogens is 462 g/mol. The van der Waals surface area contributed by atoms with E-state index >= 15 is 0 Å². The van der Waals surface area contributed by atoms with Gasteiger partial charge in [0.25, 0.3) is 5.22 Å². The van der Waals surface area contributed by atoms with Gasteiger partial charge in [-0.2, -0.15) is 9.57 Å². The van der Waals surface area contributed by atoms with Crippen LogP contribution in [0.15, 0.2) is 63.1 Å². The van der Waals surface area contributed by atoms with E-state index in [1.807, 2.05) is 6.07 Å². The van der Waals surface area contributed by atoms with Crippen LogP contribution in [0.1, 0.15) is 26.3 Å². The van der Waals surface area contributed by atoms with E-state index in [9.17, 15) is 13.2 Å². The Morgan fingerprint density at radius 3 is 2.61 bits per heavy atom. The van der Waals surface area contributed by atoms with Crippen molar-refractivity contribution in [3.05, 3.63) is 54.1 Å². The highest BCUT2D eigenvalue weighted by atomic mass is 32.2. The van der Waals surface area contributed by atoms with Crippen LogP contribution in [-0.2, 0) is 14.8 Å². The Bertz CT molecular complexity index is 1280. The first kappa shape index (κ1) is 24.4. The summed E-state index contributed by atoms with van der Waals surface area (Å²) in [5.74, 6) is -0.175. The maximum atomic E-state index is 12.8. The lowest BCUT2D eigenvalue weighted by Gasteiger charge is -2.18. The van der Waals surface area contributed by atoms with Crippen molar-refractivity contribution < 1.29 is 17.6 Å². The van der Waals surface area contributed by atoms with Gasteiger partial charge in [0.2, 0.25) is 21.8 Å². The average Bonchev–Trinajstić information content (AvgIpc) is 3.28. The molecule has 3 rings (SSSR count). The van der Waals surface area contributed by atoms with Gasteiger partial charge in [0.1, 0.15) is 6.07 Å². The highest BCUT2D eigenvalue weighted by Gasteiger charge is 2.23. The van der Waals surface area contributed by atoms with Crippen molar-refractivity contribution in [1.29, 1.82) is 5.26 Å². The van der Waals surface area contributed by atoms with E-state index in [4.69, 9.17) is 9.68 Å². The maximum Gasteiger partial charge on any atom is 0.277 e. The third kappa shape index (κ3) is 5.60. The van der Waals surface area contributed by atoms with Crippen LogP contribution < -0.4 is 5.32 Å². The summed E-state index contributed by atoms with van der Waals surface area (Å²) in [6.45, 7) is 5.97. The molecule has 33 heavy (non-hydrogen) atoms. The molecule has 1 unspecified atom stereocenters. The molecule has 0 saturated carbocycles. The number of hydrogen-bond donors (Lipinski definition) is 1. The summed E-state index contributed by atoms with van der Waals surface area (Å²) in [5, 5.41) is 19.4. The quantitative estimate of drug-likeness (QED) is 0.454. The number of nitrogens with one attached hydrogen (secondary N) is 1. The second-order valence-corrected chi connectivity index (χ2v) is 10.1. The Morgan fingerprint density at radius 1 is 1.18 bits per heavy atom. The minimum absolute atomic E-state index is 0.139. The van der Waals surface area contributed by atoms with Crippen molar-refractivity contribution in [2.75, 3.05) is 18.4 Å². The van der Waals surface area contributed by atoms with Gasteiger partial charge in [-0.25, -0.2) is 8.42 Å². The van der Waals surface area contributed by atoms with Gasteiger partial charge in [0.15, 0.2) is 0 Å². The van der Waals surface area contributed by atoms with E-state index in [-0.39, 0.29) is 21.9 Å². The Balaban J connectivity index is 1.74. The number of para-hydroxylation sites is 1. The molecule has 0 fully saturated rings. The first-order valence-electron chi connectivity index (χ1n) is 10.2. The van der Waals surface area contributed by atoms with Gasteiger partial charge in [0.05, 0.1) is 21.4 Å². The zero-order valence-corrected chi connectivity index (χ0v) is 20.0. The highest BCUT2D eigenvalue weighted by molar-refractivity contribution is 8.00. The molecule has 0 radical (unpaired) electrons. The van der Waals surface area contributed by atoms with Crippen molar-refractivity contribution >= 4 is 33.4 Å². The van der Waals surface area contributed by atoms with Gasteiger partial charge in [-0.15, -0.1) is 10.2 Å². The summed E-state index contributed by atoms with van der Waals surface area (Å²) < 4.78 is 32.6. The highest BCUT2D eigenvalue weighted by Crippen LogP contribution is 2.28. The van der Waals surface area contributed by atoms with E-state index in [1.54, 1.807) is 57.2 Å². The number of nitrogens with zero attached hydrogens (tertiary/aromatic N) is 4. The minimum atomic E-state index is -3.63. The Labute approximate surface area is 196 Å². The number of thioether (sulfide) groups is 1. The van der Waals surface area contributed by atoms with Crippen LogP contribution in [0.4, 0.5) is 5.69 Å². The topological polar surface area (TPSA) is 129 Å². The lowest BCUT2D eigenvalue weighted by Crippen LogP contribution is -2.30. The zero-order valence-electron chi connectivity index (χ0n) is 18.3. The largest absolute Gasteiger partial charge is 0.411 e. The Kier molecular flexibility index (Phi) is 7.86. The number of sulfonamides is 1. The fourth-order valence-electron chi connectivity index (χ4n) is 3.00. The second kappa shape index (κ2) is 10.6. The fourth-order valence-corrected chi connectivity index (χ4v) is 5.19. The molecule has 0 aliphatic heterocycles. The van der Waals surface area contributed by atoms with Crippen LogP contribution in [-0.4, -0.2) is 47.2 Å². The zero-order chi connectivity index (χ0) is 24.0. The van der Waals surface area contributed by atoms with Crippen LogP contribution >= 0.6 is 11.8 Å². The van der Waals surface area contributed by atoms with Crippen molar-refractivity contribution in [3.63, 3.8) is 0 Å². The first-order valence-corrected chi connectivity index (χ1v) is 12.5. The molecule has 1 atom stereocenters. The third-order valence-corrected chi connectivity index (χ3v) is 7.76. The van der Waals surface area contributed by atoms with Crippen molar-refractivity contribution in [3.8, 4) is 17.5 Å². The summed E-state index contributed by atoms with van der Waals surface area (Å²) in [6, 6.07) is 15.1. The fraction of sp³-hybridized carbons (Fsp3) is 0.273. The standard InChI is InChI=1S/C22H23N5O4S2/c1-4-27(5-2)33(29,30)18-11-8-10-16(13-18)21-25-26-22(31-21)32-15(3)20(28)24-19-12-7-6-9-17(19)14-23/h6-13,15H,4-5H2,1-3H3,(H,24,28). The van der Waals surface area contributed by atoms with Gasteiger partial charge >= 0.3 is 0 Å². The molecule has 172 valence electrons. The summed E-state index contributed by atoms with van der Waals surface area (Å²) in [5.41, 5.74) is 1.25. The molecule has 0 aliphatic rings. The molecule has 1 N–H and O–H groups in total. The average molecular weight is 486 g/mol. The normalized spacial score (nSPS) is 12.3. The molecule has 0 saturated heterocycles. The van der Waals surface area contributed by atoms with Crippen LogP contribution in [0.2, 0.25) is 0 Å². The molecule has 11 heteroatoms. The monoisotopic (exact) mass is 485 g/mol. The van der Waals surface area contributed by atoms with Crippen molar-refractivity contribution in [2.45, 2.75) is 36.1 Å². The molecule has 0 bridgehead atoms. The lowest BCUT2D eigenvalue weighted by atomic mass is 10.2. The van der Waals surface area contributed by atoms with Crippen LogP contribution in [0.3, 0.4) is 0 Å². The number of carbonyl (C=O) groups is 1. The molecule has 9 nitrogen and oxygen atoms in total. The van der Waals surface area contributed by atoms with E-state index in [0.717, 1.165) is 11.8 Å². The maximum absolute atomic E-state index is 12.8. The number of amides is 1. The third-order valence-electron chi connectivity index (χ3n) is 4.78. The number of nitriles is 1. The smallest absolute Gasteiger partial charge is 0.277 e. The molecule has 1 amide bonds. The van der Waals surface area contributed by atoms with Gasteiger partial charge in [-0.05, 0) is 37.3 Å².